The molecular formula is C11H15NO2S. The summed E-state index contributed by atoms with van der Waals surface area (Å²) < 4.78 is 0. The van der Waals surface area contributed by atoms with Crippen LogP contribution in [0.1, 0.15) is 17.3 Å². The molecule has 0 fully saturated rings. The number of hydrogen-bond acceptors (Lipinski definition) is 3. The predicted octanol–water partition coefficient (Wildman–Crippen LogP) is 2.55. The lowest BCUT2D eigenvalue weighted by atomic mass is 10.2. The second-order valence-corrected chi connectivity index (χ2v) is 4.29. The fraction of sp³-hybridized carbons (Fsp3) is 0.364. The number of anilines is 1. The number of benzene rings is 1. The summed E-state index contributed by atoms with van der Waals surface area (Å²) in [4.78, 5) is 10.6. The Kier molecular flexibility index (Phi) is 4.49. The van der Waals surface area contributed by atoms with Crippen LogP contribution in [-0.2, 0) is 0 Å². The van der Waals surface area contributed by atoms with Crippen molar-refractivity contribution in [2.24, 2.45) is 0 Å². The normalized spacial score (nSPS) is 12.1. The molecule has 82 valence electrons. The summed E-state index contributed by atoms with van der Waals surface area (Å²) in [6.07, 6.45) is 2.06. The van der Waals surface area contributed by atoms with Gasteiger partial charge in [0.2, 0.25) is 0 Å². The van der Waals surface area contributed by atoms with E-state index in [4.69, 9.17) is 5.11 Å². The molecule has 1 unspecified atom stereocenters. The van der Waals surface area contributed by atoms with Crippen LogP contribution in [-0.4, -0.2) is 29.1 Å². The largest absolute Gasteiger partial charge is 0.478 e. The number of carboxylic acid groups (broad SMARTS) is 1. The van der Waals surface area contributed by atoms with Gasteiger partial charge in [0.05, 0.1) is 5.56 Å². The Morgan fingerprint density at radius 1 is 1.47 bits per heavy atom. The topological polar surface area (TPSA) is 49.3 Å². The van der Waals surface area contributed by atoms with Gasteiger partial charge in [-0.1, -0.05) is 0 Å². The van der Waals surface area contributed by atoms with Crippen LogP contribution in [0.2, 0.25) is 0 Å². The van der Waals surface area contributed by atoms with Crippen molar-refractivity contribution in [1.29, 1.82) is 0 Å². The van der Waals surface area contributed by atoms with Gasteiger partial charge in [-0.2, -0.15) is 11.8 Å². The van der Waals surface area contributed by atoms with Crippen LogP contribution in [0.25, 0.3) is 0 Å². The second kappa shape index (κ2) is 5.66. The summed E-state index contributed by atoms with van der Waals surface area (Å²) in [5.74, 6) is 0.138. The van der Waals surface area contributed by atoms with E-state index in [1.165, 1.54) is 0 Å². The fourth-order valence-corrected chi connectivity index (χ4v) is 1.87. The Balaban J connectivity index is 2.60. The number of nitrogens with one attached hydrogen (secondary N) is 1. The molecule has 0 amide bonds. The van der Waals surface area contributed by atoms with Gasteiger partial charge in [-0.15, -0.1) is 0 Å². The third-order valence-electron chi connectivity index (χ3n) is 1.96. The average molecular weight is 225 g/mol. The highest BCUT2D eigenvalue weighted by molar-refractivity contribution is 7.98. The Bertz CT molecular complexity index is 324. The molecule has 1 aromatic rings. The summed E-state index contributed by atoms with van der Waals surface area (Å²) in [6.45, 7) is 2.10. The predicted molar refractivity (Wildman–Crippen MR) is 64.9 cm³/mol. The van der Waals surface area contributed by atoms with Gasteiger partial charge in [0, 0.05) is 17.5 Å². The molecule has 0 radical (unpaired) electrons. The molecule has 0 saturated heterocycles. The zero-order valence-corrected chi connectivity index (χ0v) is 9.67. The third-order valence-corrected chi connectivity index (χ3v) is 2.79. The second-order valence-electron chi connectivity index (χ2n) is 3.38. The summed E-state index contributed by atoms with van der Waals surface area (Å²) >= 11 is 1.78. The van der Waals surface area contributed by atoms with E-state index < -0.39 is 5.97 Å². The maximum atomic E-state index is 10.6. The Labute approximate surface area is 93.9 Å². The van der Waals surface area contributed by atoms with Crippen molar-refractivity contribution in [3.05, 3.63) is 29.8 Å². The molecule has 0 aliphatic carbocycles. The lowest BCUT2D eigenvalue weighted by molar-refractivity contribution is 0.0697. The van der Waals surface area contributed by atoms with Crippen molar-refractivity contribution >= 4 is 23.4 Å². The lowest BCUT2D eigenvalue weighted by Gasteiger charge is -2.13. The molecular weight excluding hydrogens is 210 g/mol. The van der Waals surface area contributed by atoms with Crippen LogP contribution in [0.5, 0.6) is 0 Å². The molecule has 2 N–H and O–H groups in total. The zero-order chi connectivity index (χ0) is 11.3. The molecule has 0 bridgehead atoms. The smallest absolute Gasteiger partial charge is 0.335 e. The summed E-state index contributed by atoms with van der Waals surface area (Å²) in [7, 11) is 0. The van der Waals surface area contributed by atoms with Crippen molar-refractivity contribution < 1.29 is 9.90 Å². The van der Waals surface area contributed by atoms with Crippen molar-refractivity contribution in [2.45, 2.75) is 13.0 Å². The molecule has 4 heteroatoms. The fourth-order valence-electron chi connectivity index (χ4n) is 1.29. The van der Waals surface area contributed by atoms with Gasteiger partial charge in [0.25, 0.3) is 0 Å². The molecule has 3 nitrogen and oxygen atoms in total. The number of rotatable bonds is 5. The first kappa shape index (κ1) is 11.9. The minimum absolute atomic E-state index is 0.318. The summed E-state index contributed by atoms with van der Waals surface area (Å²) in [5.41, 5.74) is 1.28. The minimum Gasteiger partial charge on any atom is -0.478 e. The number of carboxylic acids is 1. The average Bonchev–Trinajstić information content (AvgIpc) is 2.18. The molecule has 0 spiro atoms. The molecule has 1 aromatic carbocycles. The van der Waals surface area contributed by atoms with E-state index in [2.05, 4.69) is 18.5 Å². The van der Waals surface area contributed by atoms with Crippen molar-refractivity contribution in [3.8, 4) is 0 Å². The van der Waals surface area contributed by atoms with Gasteiger partial charge in [-0.05, 0) is 37.4 Å². The lowest BCUT2D eigenvalue weighted by Crippen LogP contribution is -2.17. The maximum Gasteiger partial charge on any atom is 0.335 e. The van der Waals surface area contributed by atoms with Crippen LogP contribution in [0.3, 0.4) is 0 Å². The first-order valence-corrected chi connectivity index (χ1v) is 6.11. The monoisotopic (exact) mass is 225 g/mol. The van der Waals surface area contributed by atoms with Crippen LogP contribution in [0.4, 0.5) is 5.69 Å². The van der Waals surface area contributed by atoms with Gasteiger partial charge in [0.1, 0.15) is 0 Å². The molecule has 0 aliphatic rings. The molecule has 0 saturated carbocycles. The van der Waals surface area contributed by atoms with E-state index in [9.17, 15) is 4.79 Å². The first-order chi connectivity index (χ1) is 7.13. The Morgan fingerprint density at radius 2 is 2.07 bits per heavy atom. The number of hydrogen-bond donors (Lipinski definition) is 2. The highest BCUT2D eigenvalue weighted by Crippen LogP contribution is 2.12. The highest BCUT2D eigenvalue weighted by atomic mass is 32.2. The van der Waals surface area contributed by atoms with Crippen molar-refractivity contribution in [1.82, 2.24) is 0 Å². The summed E-state index contributed by atoms with van der Waals surface area (Å²) in [6, 6.07) is 7.18. The number of aromatic carboxylic acids is 1. The quantitative estimate of drug-likeness (QED) is 0.808. The van der Waals surface area contributed by atoms with Crippen LogP contribution in [0.15, 0.2) is 24.3 Å². The number of thioether (sulfide) groups is 1. The van der Waals surface area contributed by atoms with E-state index >= 15 is 0 Å². The van der Waals surface area contributed by atoms with Crippen molar-refractivity contribution in [3.63, 3.8) is 0 Å². The summed E-state index contributed by atoms with van der Waals surface area (Å²) in [5, 5.41) is 12.0. The van der Waals surface area contributed by atoms with Gasteiger partial charge in [-0.25, -0.2) is 4.79 Å². The van der Waals surface area contributed by atoms with E-state index in [0.717, 1.165) is 11.4 Å². The minimum atomic E-state index is -0.890. The highest BCUT2D eigenvalue weighted by Gasteiger charge is 2.03. The Morgan fingerprint density at radius 3 is 2.53 bits per heavy atom. The van der Waals surface area contributed by atoms with E-state index in [0.29, 0.717) is 11.6 Å². The maximum absolute atomic E-state index is 10.6. The van der Waals surface area contributed by atoms with E-state index in [-0.39, 0.29) is 0 Å². The zero-order valence-electron chi connectivity index (χ0n) is 8.86. The van der Waals surface area contributed by atoms with Gasteiger partial charge < -0.3 is 10.4 Å². The van der Waals surface area contributed by atoms with Gasteiger partial charge in [-0.3, -0.25) is 0 Å². The van der Waals surface area contributed by atoms with Crippen LogP contribution >= 0.6 is 11.8 Å². The van der Waals surface area contributed by atoms with E-state index in [1.807, 2.05) is 0 Å². The molecule has 1 rings (SSSR count). The molecule has 0 aromatic heterocycles. The third kappa shape index (κ3) is 3.83. The molecule has 1 atom stereocenters. The van der Waals surface area contributed by atoms with Gasteiger partial charge in [0.15, 0.2) is 0 Å². The first-order valence-electron chi connectivity index (χ1n) is 4.72. The SMILES string of the molecule is CSCC(C)Nc1ccc(C(=O)O)cc1. The van der Waals surface area contributed by atoms with Crippen LogP contribution in [0, 0.1) is 0 Å². The van der Waals surface area contributed by atoms with Crippen molar-refractivity contribution in [2.75, 3.05) is 17.3 Å². The number of carbonyl (C=O) groups is 1. The molecule has 0 aliphatic heterocycles. The van der Waals surface area contributed by atoms with E-state index in [1.54, 1.807) is 36.0 Å². The van der Waals surface area contributed by atoms with Crippen LogP contribution < -0.4 is 5.32 Å². The molecule has 15 heavy (non-hydrogen) atoms. The Hall–Kier alpha value is -1.16. The molecule has 0 heterocycles. The van der Waals surface area contributed by atoms with Gasteiger partial charge >= 0.3 is 5.97 Å². The standard InChI is InChI=1S/C11H15NO2S/c1-8(7-15-2)12-10-5-3-9(4-6-10)11(13)14/h3-6,8,12H,7H2,1-2H3,(H,13,14).